The fourth-order valence-electron chi connectivity index (χ4n) is 1.07. The lowest BCUT2D eigenvalue weighted by Crippen LogP contribution is -1.98. The van der Waals surface area contributed by atoms with Crippen molar-refractivity contribution < 1.29 is 0 Å². The van der Waals surface area contributed by atoms with Gasteiger partial charge < -0.3 is 0 Å². The van der Waals surface area contributed by atoms with Crippen LogP contribution in [-0.2, 0) is 0 Å². The third-order valence-corrected chi connectivity index (χ3v) is 1.77. The third kappa shape index (κ3) is 1.82. The highest BCUT2D eigenvalue weighted by Crippen LogP contribution is 1.99. The molecule has 0 atom stereocenters. The van der Waals surface area contributed by atoms with Gasteiger partial charge in [0.1, 0.15) is 12.7 Å². The first kappa shape index (κ1) is 8.55. The number of pyridine rings is 1. The average Bonchev–Trinajstić information content (AvgIpc) is 2.72. The molecule has 70 valence electrons. The fraction of sp³-hybridized carbons (Fsp3) is 0.111. The maximum Gasteiger partial charge on any atom is 0.141 e. The van der Waals surface area contributed by atoms with Crippen LogP contribution in [0.15, 0.2) is 42.3 Å². The molecule has 0 radical (unpaired) electrons. The van der Waals surface area contributed by atoms with Gasteiger partial charge in [-0.25, -0.2) is 4.68 Å². The van der Waals surface area contributed by atoms with Crippen molar-refractivity contribution in [2.75, 3.05) is 0 Å². The van der Waals surface area contributed by atoms with Crippen molar-refractivity contribution in [1.29, 1.82) is 0 Å². The van der Waals surface area contributed by atoms with Gasteiger partial charge in [0.25, 0.3) is 0 Å². The van der Waals surface area contributed by atoms with Crippen LogP contribution in [-0.4, -0.2) is 25.6 Å². The summed E-state index contributed by atoms with van der Waals surface area (Å²) in [6.07, 6.45) is 6.57. The number of aromatic nitrogens is 4. The van der Waals surface area contributed by atoms with Crippen LogP contribution in [0.3, 0.4) is 0 Å². The summed E-state index contributed by atoms with van der Waals surface area (Å²) in [5, 5.41) is 11.6. The molecule has 5 heteroatoms. The number of hydrogen-bond donors (Lipinski definition) is 0. The van der Waals surface area contributed by atoms with Crippen LogP contribution >= 0.6 is 0 Å². The second-order valence-corrected chi connectivity index (χ2v) is 2.76. The predicted octanol–water partition coefficient (Wildman–Crippen LogP) is 0.945. The van der Waals surface area contributed by atoms with Crippen molar-refractivity contribution in [2.24, 2.45) is 5.10 Å². The van der Waals surface area contributed by atoms with Crippen LogP contribution in [0.4, 0.5) is 0 Å². The van der Waals surface area contributed by atoms with Crippen LogP contribution in [0.25, 0.3) is 0 Å². The zero-order valence-electron chi connectivity index (χ0n) is 7.70. The lowest BCUT2D eigenvalue weighted by molar-refractivity contribution is 0.870. The Morgan fingerprint density at radius 2 is 1.86 bits per heavy atom. The first-order chi connectivity index (χ1) is 6.86. The second kappa shape index (κ2) is 3.78. The largest absolute Gasteiger partial charge is 0.265 e. The Hall–Kier alpha value is -2.04. The highest BCUT2D eigenvalue weighted by Gasteiger charge is 1.95. The molecule has 0 aromatic carbocycles. The van der Waals surface area contributed by atoms with E-state index < -0.39 is 0 Å². The van der Waals surface area contributed by atoms with Gasteiger partial charge in [-0.05, 0) is 19.1 Å². The molecule has 2 rings (SSSR count). The lowest BCUT2D eigenvalue weighted by Gasteiger charge is -1.98. The van der Waals surface area contributed by atoms with Gasteiger partial charge in [-0.2, -0.15) is 5.10 Å². The Bertz CT molecular complexity index is 418. The summed E-state index contributed by atoms with van der Waals surface area (Å²) < 4.78 is 1.57. The van der Waals surface area contributed by atoms with E-state index in [1.54, 1.807) is 29.7 Å². The quantitative estimate of drug-likeness (QED) is 0.657. The molecular weight excluding hydrogens is 178 g/mol. The summed E-state index contributed by atoms with van der Waals surface area (Å²) >= 11 is 0. The molecule has 0 fully saturated rings. The summed E-state index contributed by atoms with van der Waals surface area (Å²) in [5.74, 6) is 0. The van der Waals surface area contributed by atoms with Crippen molar-refractivity contribution in [3.05, 3.63) is 42.7 Å². The summed E-state index contributed by atoms with van der Waals surface area (Å²) in [5.41, 5.74) is 1.93. The highest BCUT2D eigenvalue weighted by atomic mass is 15.4. The standard InChI is InChI=1S/C9H9N5/c1-8(9-2-4-10-5-3-9)13-14-6-11-12-7-14/h2-7H,1H3/b13-8+. The first-order valence-corrected chi connectivity index (χ1v) is 4.17. The van der Waals surface area contributed by atoms with Crippen LogP contribution in [0, 0.1) is 0 Å². The van der Waals surface area contributed by atoms with Gasteiger partial charge in [-0.3, -0.25) is 4.98 Å². The molecule has 0 aliphatic rings. The van der Waals surface area contributed by atoms with Gasteiger partial charge >= 0.3 is 0 Å². The van der Waals surface area contributed by atoms with Gasteiger partial charge in [-0.1, -0.05) is 0 Å². The first-order valence-electron chi connectivity index (χ1n) is 4.17. The maximum atomic E-state index is 4.27. The highest BCUT2D eigenvalue weighted by molar-refractivity contribution is 5.98. The van der Waals surface area contributed by atoms with E-state index in [1.807, 2.05) is 19.1 Å². The van der Waals surface area contributed by atoms with E-state index in [0.717, 1.165) is 11.3 Å². The zero-order valence-corrected chi connectivity index (χ0v) is 7.70. The van der Waals surface area contributed by atoms with Gasteiger partial charge in [0.2, 0.25) is 0 Å². The van der Waals surface area contributed by atoms with Crippen LogP contribution in [0.2, 0.25) is 0 Å². The Kier molecular flexibility index (Phi) is 2.31. The molecule has 0 unspecified atom stereocenters. The Labute approximate surface area is 81.1 Å². The van der Waals surface area contributed by atoms with E-state index >= 15 is 0 Å². The van der Waals surface area contributed by atoms with Crippen molar-refractivity contribution in [2.45, 2.75) is 6.92 Å². The summed E-state index contributed by atoms with van der Waals surface area (Å²) in [6, 6.07) is 3.81. The molecule has 2 aromatic heterocycles. The predicted molar refractivity (Wildman–Crippen MR) is 51.9 cm³/mol. The molecule has 0 bridgehead atoms. The van der Waals surface area contributed by atoms with E-state index in [4.69, 9.17) is 0 Å². The molecule has 0 saturated carbocycles. The van der Waals surface area contributed by atoms with Crippen LogP contribution < -0.4 is 0 Å². The Balaban J connectivity index is 2.29. The van der Waals surface area contributed by atoms with E-state index in [9.17, 15) is 0 Å². The van der Waals surface area contributed by atoms with E-state index in [1.165, 1.54) is 0 Å². The molecular formula is C9H9N5. The molecule has 0 spiro atoms. The van der Waals surface area contributed by atoms with Gasteiger partial charge in [0.15, 0.2) is 0 Å². The van der Waals surface area contributed by atoms with Crippen LogP contribution in [0.1, 0.15) is 12.5 Å². The van der Waals surface area contributed by atoms with Crippen LogP contribution in [0.5, 0.6) is 0 Å². The minimum Gasteiger partial charge on any atom is -0.265 e. The van der Waals surface area contributed by atoms with E-state index in [2.05, 4.69) is 20.3 Å². The van der Waals surface area contributed by atoms with Gasteiger partial charge in [0, 0.05) is 18.0 Å². The molecule has 2 heterocycles. The molecule has 0 saturated heterocycles. The number of rotatable bonds is 2. The third-order valence-electron chi connectivity index (χ3n) is 1.77. The molecule has 2 aromatic rings. The smallest absolute Gasteiger partial charge is 0.141 e. The summed E-state index contributed by atoms with van der Waals surface area (Å²) in [6.45, 7) is 1.93. The second-order valence-electron chi connectivity index (χ2n) is 2.76. The minimum atomic E-state index is 0.896. The fourth-order valence-corrected chi connectivity index (χ4v) is 1.07. The normalized spacial score (nSPS) is 11.6. The Morgan fingerprint density at radius 3 is 2.50 bits per heavy atom. The molecule has 0 aliphatic carbocycles. The number of nitrogens with zero attached hydrogens (tertiary/aromatic N) is 5. The molecule has 0 amide bonds. The van der Waals surface area contributed by atoms with Crippen molar-refractivity contribution in [3.63, 3.8) is 0 Å². The summed E-state index contributed by atoms with van der Waals surface area (Å²) in [4.78, 5) is 3.94. The number of hydrogen-bond acceptors (Lipinski definition) is 4. The zero-order chi connectivity index (χ0) is 9.80. The van der Waals surface area contributed by atoms with E-state index in [-0.39, 0.29) is 0 Å². The topological polar surface area (TPSA) is 56.0 Å². The van der Waals surface area contributed by atoms with Gasteiger partial charge in [-0.15, -0.1) is 10.2 Å². The molecule has 0 aliphatic heterocycles. The minimum absolute atomic E-state index is 0.896. The summed E-state index contributed by atoms with van der Waals surface area (Å²) in [7, 11) is 0. The van der Waals surface area contributed by atoms with Gasteiger partial charge in [0.05, 0.1) is 5.71 Å². The monoisotopic (exact) mass is 187 g/mol. The molecule has 5 nitrogen and oxygen atoms in total. The molecule has 14 heavy (non-hydrogen) atoms. The average molecular weight is 187 g/mol. The molecule has 0 N–H and O–H groups in total. The SMILES string of the molecule is C/C(=N\n1cnnc1)c1ccncc1. The van der Waals surface area contributed by atoms with E-state index in [0.29, 0.717) is 0 Å². The van der Waals surface area contributed by atoms with Crippen molar-refractivity contribution >= 4 is 5.71 Å². The van der Waals surface area contributed by atoms with Crippen molar-refractivity contribution in [3.8, 4) is 0 Å². The van der Waals surface area contributed by atoms with Crippen molar-refractivity contribution in [1.82, 2.24) is 19.9 Å². The Morgan fingerprint density at radius 1 is 1.21 bits per heavy atom. The lowest BCUT2D eigenvalue weighted by atomic mass is 10.2. The maximum absolute atomic E-state index is 4.27.